The molecule has 0 N–H and O–H groups in total. The summed E-state index contributed by atoms with van der Waals surface area (Å²) < 4.78 is -0.262. The van der Waals surface area contributed by atoms with Crippen molar-refractivity contribution in [3.8, 4) is 11.1 Å². The van der Waals surface area contributed by atoms with Crippen LogP contribution in [0, 0.1) is 20.8 Å². The highest BCUT2D eigenvalue weighted by Crippen LogP contribution is 2.56. The molecule has 0 saturated heterocycles. The van der Waals surface area contributed by atoms with Gasteiger partial charge in [-0.15, -0.1) is 0 Å². The van der Waals surface area contributed by atoms with Crippen LogP contribution >= 0.6 is 15.9 Å². The predicted molar refractivity (Wildman–Crippen MR) is 101 cm³/mol. The molecule has 1 aliphatic carbocycles. The van der Waals surface area contributed by atoms with E-state index in [1.54, 1.807) is 0 Å². The van der Waals surface area contributed by atoms with E-state index in [1.165, 1.54) is 44.5 Å². The van der Waals surface area contributed by atoms with Crippen LogP contribution in [-0.2, 0) is 4.32 Å². The van der Waals surface area contributed by atoms with Gasteiger partial charge in [-0.3, -0.25) is 0 Å². The van der Waals surface area contributed by atoms with Gasteiger partial charge in [0.15, 0.2) is 0 Å². The summed E-state index contributed by atoms with van der Waals surface area (Å²) in [7, 11) is 0. The lowest BCUT2D eigenvalue weighted by molar-refractivity contribution is 0.943. The maximum atomic E-state index is 4.15. The molecule has 0 saturated carbocycles. The van der Waals surface area contributed by atoms with Crippen LogP contribution in [0.15, 0.2) is 60.7 Å². The molecule has 1 aliphatic rings. The van der Waals surface area contributed by atoms with Crippen molar-refractivity contribution in [2.45, 2.75) is 25.1 Å². The molecule has 4 rings (SSSR count). The van der Waals surface area contributed by atoms with Crippen LogP contribution in [0.5, 0.6) is 0 Å². The van der Waals surface area contributed by atoms with E-state index in [0.29, 0.717) is 0 Å². The van der Waals surface area contributed by atoms with Crippen molar-refractivity contribution in [2.24, 2.45) is 0 Å². The Bertz CT molecular complexity index is 870. The molecular formula is C22H19Br. The van der Waals surface area contributed by atoms with Crippen LogP contribution in [0.4, 0.5) is 0 Å². The topological polar surface area (TPSA) is 0 Å². The fourth-order valence-corrected chi connectivity index (χ4v) is 4.57. The zero-order valence-electron chi connectivity index (χ0n) is 13.7. The third kappa shape index (κ3) is 2.10. The minimum atomic E-state index is -0.262. The van der Waals surface area contributed by atoms with Crippen molar-refractivity contribution in [3.05, 3.63) is 94.0 Å². The van der Waals surface area contributed by atoms with Crippen molar-refractivity contribution in [3.63, 3.8) is 0 Å². The lowest BCUT2D eigenvalue weighted by Gasteiger charge is -2.27. The molecule has 23 heavy (non-hydrogen) atoms. The van der Waals surface area contributed by atoms with Crippen molar-refractivity contribution >= 4 is 15.9 Å². The number of halogens is 1. The van der Waals surface area contributed by atoms with Gasteiger partial charge in [0.1, 0.15) is 4.32 Å². The summed E-state index contributed by atoms with van der Waals surface area (Å²) in [5.41, 5.74) is 10.6. The lowest BCUT2D eigenvalue weighted by Crippen LogP contribution is -2.19. The summed E-state index contributed by atoms with van der Waals surface area (Å²) in [6.45, 7) is 6.49. The monoisotopic (exact) mass is 362 g/mol. The molecule has 114 valence electrons. The molecule has 0 nitrogen and oxygen atoms in total. The normalized spacial score (nSPS) is 14.4. The first kappa shape index (κ1) is 14.7. The Morgan fingerprint density at radius 1 is 0.652 bits per heavy atom. The highest BCUT2D eigenvalue weighted by molar-refractivity contribution is 9.10. The summed E-state index contributed by atoms with van der Waals surface area (Å²) in [6.07, 6.45) is 0. The summed E-state index contributed by atoms with van der Waals surface area (Å²) in [4.78, 5) is 0. The second-order valence-electron chi connectivity index (χ2n) is 6.63. The molecule has 1 heteroatoms. The maximum absolute atomic E-state index is 4.15. The molecule has 0 heterocycles. The van der Waals surface area contributed by atoms with Crippen molar-refractivity contribution in [1.82, 2.24) is 0 Å². The maximum Gasteiger partial charge on any atom is 0.102 e. The van der Waals surface area contributed by atoms with Gasteiger partial charge in [-0.05, 0) is 48.6 Å². The van der Waals surface area contributed by atoms with E-state index in [2.05, 4.69) is 97.4 Å². The predicted octanol–water partition coefficient (Wildman–Crippen LogP) is 6.28. The molecule has 0 aromatic heterocycles. The highest BCUT2D eigenvalue weighted by atomic mass is 79.9. The van der Waals surface area contributed by atoms with Gasteiger partial charge in [0.25, 0.3) is 0 Å². The standard InChI is InChI=1S/C22H19Br/c1-14-5-4-6-17(11-14)22(23)20-12-15(2)7-9-18(20)19-10-8-16(3)13-21(19)22/h4-13H,1-3H3. The quantitative estimate of drug-likeness (QED) is 0.447. The van der Waals surface area contributed by atoms with Crippen LogP contribution in [0.25, 0.3) is 11.1 Å². The van der Waals surface area contributed by atoms with Gasteiger partial charge in [-0.1, -0.05) is 93.3 Å². The molecule has 0 aliphatic heterocycles. The van der Waals surface area contributed by atoms with Crippen LogP contribution in [0.3, 0.4) is 0 Å². The molecule has 0 bridgehead atoms. The molecule has 0 atom stereocenters. The van der Waals surface area contributed by atoms with Crippen molar-refractivity contribution in [1.29, 1.82) is 0 Å². The summed E-state index contributed by atoms with van der Waals surface area (Å²) >= 11 is 4.15. The molecule has 0 amide bonds. The van der Waals surface area contributed by atoms with Crippen LogP contribution in [0.2, 0.25) is 0 Å². The molecule has 0 spiro atoms. The van der Waals surface area contributed by atoms with Gasteiger partial charge >= 0.3 is 0 Å². The second-order valence-corrected chi connectivity index (χ2v) is 7.82. The van der Waals surface area contributed by atoms with Crippen LogP contribution in [-0.4, -0.2) is 0 Å². The smallest absolute Gasteiger partial charge is 0.0695 e. The number of fused-ring (bicyclic) bond motifs is 3. The van der Waals surface area contributed by atoms with Crippen LogP contribution < -0.4 is 0 Å². The Kier molecular flexibility index (Phi) is 3.24. The van der Waals surface area contributed by atoms with Gasteiger partial charge in [0, 0.05) is 0 Å². The number of rotatable bonds is 1. The Balaban J connectivity index is 2.10. The van der Waals surface area contributed by atoms with E-state index in [0.717, 1.165) is 0 Å². The average molecular weight is 363 g/mol. The SMILES string of the molecule is Cc1cccc(C2(Br)c3cc(C)ccc3-c3ccc(C)cc32)c1. The first-order valence-electron chi connectivity index (χ1n) is 7.99. The van der Waals surface area contributed by atoms with Gasteiger partial charge in [-0.2, -0.15) is 0 Å². The van der Waals surface area contributed by atoms with Crippen molar-refractivity contribution in [2.75, 3.05) is 0 Å². The minimum absolute atomic E-state index is 0.262. The van der Waals surface area contributed by atoms with Gasteiger partial charge < -0.3 is 0 Å². The molecule has 0 radical (unpaired) electrons. The highest BCUT2D eigenvalue weighted by Gasteiger charge is 2.42. The number of benzene rings is 3. The first-order valence-corrected chi connectivity index (χ1v) is 8.78. The van der Waals surface area contributed by atoms with E-state index < -0.39 is 0 Å². The first-order chi connectivity index (χ1) is 11.0. The molecular weight excluding hydrogens is 344 g/mol. The Hall–Kier alpha value is -1.86. The third-order valence-electron chi connectivity index (χ3n) is 4.80. The fraction of sp³-hybridized carbons (Fsp3) is 0.182. The summed E-state index contributed by atoms with van der Waals surface area (Å²) in [6, 6.07) is 22.4. The minimum Gasteiger partial charge on any atom is -0.0695 e. The Labute approximate surface area is 146 Å². The Morgan fingerprint density at radius 2 is 1.17 bits per heavy atom. The number of alkyl halides is 1. The number of aryl methyl sites for hydroxylation is 3. The van der Waals surface area contributed by atoms with E-state index in [-0.39, 0.29) is 4.32 Å². The van der Waals surface area contributed by atoms with Gasteiger partial charge in [0.2, 0.25) is 0 Å². The molecule has 0 fully saturated rings. The zero-order valence-corrected chi connectivity index (χ0v) is 15.2. The Morgan fingerprint density at radius 3 is 1.70 bits per heavy atom. The zero-order chi connectivity index (χ0) is 16.2. The molecule has 3 aromatic carbocycles. The molecule has 3 aromatic rings. The van der Waals surface area contributed by atoms with Crippen LogP contribution in [0.1, 0.15) is 33.4 Å². The second kappa shape index (κ2) is 5.07. The number of hydrogen-bond acceptors (Lipinski definition) is 0. The van der Waals surface area contributed by atoms with E-state index >= 15 is 0 Å². The largest absolute Gasteiger partial charge is 0.102 e. The fourth-order valence-electron chi connectivity index (χ4n) is 3.67. The lowest BCUT2D eigenvalue weighted by atomic mass is 9.87. The van der Waals surface area contributed by atoms with E-state index in [9.17, 15) is 0 Å². The number of hydrogen-bond donors (Lipinski definition) is 0. The average Bonchev–Trinajstić information content (AvgIpc) is 2.77. The van der Waals surface area contributed by atoms with Gasteiger partial charge in [-0.25, -0.2) is 0 Å². The van der Waals surface area contributed by atoms with E-state index in [1.807, 2.05) is 0 Å². The summed E-state index contributed by atoms with van der Waals surface area (Å²) in [5.74, 6) is 0. The van der Waals surface area contributed by atoms with E-state index in [4.69, 9.17) is 0 Å². The third-order valence-corrected chi connectivity index (χ3v) is 6.11. The summed E-state index contributed by atoms with van der Waals surface area (Å²) in [5, 5.41) is 0. The van der Waals surface area contributed by atoms with Gasteiger partial charge in [0.05, 0.1) is 0 Å². The van der Waals surface area contributed by atoms with Crippen molar-refractivity contribution < 1.29 is 0 Å². The molecule has 0 unspecified atom stereocenters.